The minimum Gasteiger partial charge on any atom is -0.397 e. The van der Waals surface area contributed by atoms with E-state index in [0.717, 1.165) is 11.1 Å². The van der Waals surface area contributed by atoms with Crippen LogP contribution in [0.3, 0.4) is 0 Å². The number of carbonyl (C=O) groups excluding carboxylic acids is 1. The molecule has 1 aromatic carbocycles. The molecule has 0 aliphatic rings. The molecule has 1 amide bonds. The van der Waals surface area contributed by atoms with E-state index in [1.165, 1.54) is 23.5 Å². The quantitative estimate of drug-likeness (QED) is 0.933. The Morgan fingerprint density at radius 2 is 2.20 bits per heavy atom. The summed E-state index contributed by atoms with van der Waals surface area (Å²) in [6.45, 7) is 4.89. The second-order valence-corrected chi connectivity index (χ2v) is 6.24. The average molecular weight is 294 g/mol. The Morgan fingerprint density at radius 3 is 2.85 bits per heavy atom. The predicted molar refractivity (Wildman–Crippen MR) is 82.6 cm³/mol. The maximum absolute atomic E-state index is 13.3. The summed E-state index contributed by atoms with van der Waals surface area (Å²) in [5, 5.41) is 0.621. The highest BCUT2D eigenvalue weighted by Gasteiger charge is 2.20. The van der Waals surface area contributed by atoms with Crippen LogP contribution in [0.1, 0.15) is 29.9 Å². The van der Waals surface area contributed by atoms with Crippen LogP contribution in [0.4, 0.5) is 10.1 Å². The van der Waals surface area contributed by atoms with Gasteiger partial charge in [-0.3, -0.25) is 4.79 Å². The van der Waals surface area contributed by atoms with Gasteiger partial charge >= 0.3 is 0 Å². The third-order valence-corrected chi connectivity index (χ3v) is 4.69. The van der Waals surface area contributed by atoms with E-state index in [1.54, 1.807) is 18.0 Å². The van der Waals surface area contributed by atoms with Crippen molar-refractivity contribution in [3.8, 4) is 0 Å². The number of fused-ring (bicyclic) bond motifs is 1. The molecule has 20 heavy (non-hydrogen) atoms. The van der Waals surface area contributed by atoms with E-state index < -0.39 is 0 Å². The van der Waals surface area contributed by atoms with Crippen LogP contribution in [0.5, 0.6) is 0 Å². The molecule has 0 aliphatic carbocycles. The number of nitrogens with zero attached hydrogens (tertiary/aromatic N) is 1. The van der Waals surface area contributed by atoms with Crippen molar-refractivity contribution < 1.29 is 9.18 Å². The molecule has 1 atom stereocenters. The highest BCUT2D eigenvalue weighted by Crippen LogP contribution is 2.34. The van der Waals surface area contributed by atoms with Crippen molar-refractivity contribution in [3.63, 3.8) is 0 Å². The zero-order valence-electron chi connectivity index (χ0n) is 11.9. The van der Waals surface area contributed by atoms with Gasteiger partial charge in [0.1, 0.15) is 10.7 Å². The van der Waals surface area contributed by atoms with Crippen LogP contribution in [0.15, 0.2) is 18.2 Å². The van der Waals surface area contributed by atoms with Gasteiger partial charge in [-0.15, -0.1) is 11.3 Å². The number of rotatable bonds is 4. The minimum absolute atomic E-state index is 0.0931. The van der Waals surface area contributed by atoms with Crippen LogP contribution in [-0.4, -0.2) is 24.4 Å². The monoisotopic (exact) mass is 294 g/mol. The Morgan fingerprint density at radius 1 is 1.50 bits per heavy atom. The van der Waals surface area contributed by atoms with E-state index in [-0.39, 0.29) is 11.7 Å². The molecule has 1 unspecified atom stereocenters. The number of nitrogens with two attached hydrogens (primary N) is 1. The van der Waals surface area contributed by atoms with Crippen molar-refractivity contribution in [2.75, 3.05) is 19.3 Å². The maximum atomic E-state index is 13.3. The fraction of sp³-hybridized carbons (Fsp3) is 0.400. The molecule has 0 aliphatic heterocycles. The van der Waals surface area contributed by atoms with Gasteiger partial charge in [0.25, 0.3) is 5.91 Å². The molecule has 0 fully saturated rings. The highest BCUT2D eigenvalue weighted by atomic mass is 32.1. The van der Waals surface area contributed by atoms with E-state index in [2.05, 4.69) is 13.8 Å². The molecule has 0 bridgehead atoms. The lowest BCUT2D eigenvalue weighted by Gasteiger charge is -2.20. The second kappa shape index (κ2) is 5.79. The third kappa shape index (κ3) is 2.77. The van der Waals surface area contributed by atoms with Crippen molar-refractivity contribution in [3.05, 3.63) is 28.9 Å². The first-order valence-corrected chi connectivity index (χ1v) is 7.48. The third-order valence-electron chi connectivity index (χ3n) is 3.51. The van der Waals surface area contributed by atoms with Crippen LogP contribution >= 0.6 is 11.3 Å². The first-order chi connectivity index (χ1) is 9.43. The van der Waals surface area contributed by atoms with Gasteiger partial charge in [0.2, 0.25) is 0 Å². The molecule has 1 aromatic heterocycles. The summed E-state index contributed by atoms with van der Waals surface area (Å²) in [6, 6.07) is 4.43. The molecule has 0 saturated heterocycles. The number of nitrogen functional groups attached to an aromatic ring is 1. The minimum atomic E-state index is -0.339. The summed E-state index contributed by atoms with van der Waals surface area (Å²) in [4.78, 5) is 14.6. The van der Waals surface area contributed by atoms with Gasteiger partial charge in [0.15, 0.2) is 0 Å². The molecule has 0 saturated carbocycles. The molecule has 1 heterocycles. The van der Waals surface area contributed by atoms with E-state index in [9.17, 15) is 9.18 Å². The standard InChI is InChI=1S/C15H19FN2OS/c1-4-9(2)8-18(3)15(19)14-13(17)11-7-10(16)5-6-12(11)20-14/h5-7,9H,4,8,17H2,1-3H3. The Balaban J connectivity index is 2.33. The van der Waals surface area contributed by atoms with Gasteiger partial charge in [0.05, 0.1) is 5.69 Å². The number of halogens is 1. The average Bonchev–Trinajstić information content (AvgIpc) is 2.75. The number of hydrogen-bond acceptors (Lipinski definition) is 3. The lowest BCUT2D eigenvalue weighted by molar-refractivity contribution is 0.0780. The molecular weight excluding hydrogens is 275 g/mol. The topological polar surface area (TPSA) is 46.3 Å². The fourth-order valence-corrected chi connectivity index (χ4v) is 3.20. The van der Waals surface area contributed by atoms with Crippen molar-refractivity contribution in [2.45, 2.75) is 20.3 Å². The van der Waals surface area contributed by atoms with Crippen molar-refractivity contribution >= 4 is 33.0 Å². The molecule has 3 nitrogen and oxygen atoms in total. The van der Waals surface area contributed by atoms with Gasteiger partial charge in [-0.1, -0.05) is 20.3 Å². The molecule has 5 heteroatoms. The van der Waals surface area contributed by atoms with Gasteiger partial charge in [-0.05, 0) is 24.1 Å². The summed E-state index contributed by atoms with van der Waals surface area (Å²) in [5.41, 5.74) is 6.39. The number of amides is 1. The van der Waals surface area contributed by atoms with E-state index in [4.69, 9.17) is 5.73 Å². The predicted octanol–water partition coefficient (Wildman–Crippen LogP) is 3.74. The van der Waals surface area contributed by atoms with Crippen LogP contribution in [0.2, 0.25) is 0 Å². The number of carbonyl (C=O) groups is 1. The summed E-state index contributed by atoms with van der Waals surface area (Å²) < 4.78 is 14.1. The Kier molecular flexibility index (Phi) is 4.28. The SMILES string of the molecule is CCC(C)CN(C)C(=O)c1sc2ccc(F)cc2c1N. The number of anilines is 1. The zero-order chi connectivity index (χ0) is 14.9. The van der Waals surface area contributed by atoms with Gasteiger partial charge in [-0.25, -0.2) is 4.39 Å². The highest BCUT2D eigenvalue weighted by molar-refractivity contribution is 7.21. The molecule has 0 radical (unpaired) electrons. The van der Waals surface area contributed by atoms with Gasteiger partial charge in [0, 0.05) is 23.7 Å². The Labute approximate surface area is 122 Å². The van der Waals surface area contributed by atoms with Crippen molar-refractivity contribution in [2.24, 2.45) is 5.92 Å². The fourth-order valence-electron chi connectivity index (χ4n) is 2.10. The van der Waals surface area contributed by atoms with E-state index in [1.807, 2.05) is 0 Å². The van der Waals surface area contributed by atoms with Crippen LogP contribution in [0.25, 0.3) is 10.1 Å². The first-order valence-electron chi connectivity index (χ1n) is 6.67. The number of thiophene rings is 1. The largest absolute Gasteiger partial charge is 0.397 e. The molecular formula is C15H19FN2OS. The van der Waals surface area contributed by atoms with Crippen LogP contribution < -0.4 is 5.73 Å². The number of hydrogen-bond donors (Lipinski definition) is 1. The molecule has 2 aromatic rings. The Hall–Kier alpha value is -1.62. The van der Waals surface area contributed by atoms with E-state index in [0.29, 0.717) is 28.4 Å². The second-order valence-electron chi connectivity index (χ2n) is 5.18. The summed E-state index contributed by atoms with van der Waals surface area (Å²) in [7, 11) is 1.78. The molecule has 0 spiro atoms. The molecule has 108 valence electrons. The summed E-state index contributed by atoms with van der Waals surface area (Å²) in [5.74, 6) is 0.00960. The van der Waals surface area contributed by atoms with Crippen LogP contribution in [0, 0.1) is 11.7 Å². The van der Waals surface area contributed by atoms with Crippen molar-refractivity contribution in [1.82, 2.24) is 4.90 Å². The molecule has 2 rings (SSSR count). The first kappa shape index (κ1) is 14.8. The maximum Gasteiger partial charge on any atom is 0.265 e. The Bertz CT molecular complexity index is 638. The van der Waals surface area contributed by atoms with Gasteiger partial charge < -0.3 is 10.6 Å². The van der Waals surface area contributed by atoms with Crippen LogP contribution in [-0.2, 0) is 0 Å². The lowest BCUT2D eigenvalue weighted by atomic mass is 10.1. The zero-order valence-corrected chi connectivity index (χ0v) is 12.8. The normalized spacial score (nSPS) is 12.6. The summed E-state index contributed by atoms with van der Waals surface area (Å²) in [6.07, 6.45) is 1.02. The smallest absolute Gasteiger partial charge is 0.265 e. The summed E-state index contributed by atoms with van der Waals surface area (Å²) >= 11 is 1.32. The van der Waals surface area contributed by atoms with Gasteiger partial charge in [-0.2, -0.15) is 0 Å². The van der Waals surface area contributed by atoms with E-state index >= 15 is 0 Å². The lowest BCUT2D eigenvalue weighted by Crippen LogP contribution is -2.30. The number of benzene rings is 1. The molecule has 2 N–H and O–H groups in total. The van der Waals surface area contributed by atoms with Crippen molar-refractivity contribution in [1.29, 1.82) is 0 Å².